The van der Waals surface area contributed by atoms with E-state index in [-0.39, 0.29) is 0 Å². The fourth-order valence-electron chi connectivity index (χ4n) is 2.72. The van der Waals surface area contributed by atoms with Gasteiger partial charge in [0.2, 0.25) is 0 Å². The van der Waals surface area contributed by atoms with E-state index in [0.717, 1.165) is 11.0 Å². The minimum atomic E-state index is 0.949. The molecule has 0 unspecified atom stereocenters. The first-order valence-electron chi connectivity index (χ1n) is 8.90. The van der Waals surface area contributed by atoms with Crippen LogP contribution in [-0.2, 0) is 0 Å². The Labute approximate surface area is 171 Å². The first-order chi connectivity index (χ1) is 13.9. The van der Waals surface area contributed by atoms with E-state index in [9.17, 15) is 0 Å². The molecule has 0 atom stereocenters. The standard InChI is InChI=1S/C8H6N2.2C8H6S/c1-2-4-8-7(3-1)9-5-6-10-8;2*1-2-4-8-7(3-1)5-6-9-8/h1-6H;2*1-6H. The van der Waals surface area contributed by atoms with Gasteiger partial charge in [0.15, 0.2) is 0 Å². The Bertz CT molecular complexity index is 1100. The van der Waals surface area contributed by atoms with E-state index in [4.69, 9.17) is 0 Å². The summed E-state index contributed by atoms with van der Waals surface area (Å²) in [7, 11) is 0. The van der Waals surface area contributed by atoms with Crippen LogP contribution in [0.3, 0.4) is 0 Å². The lowest BCUT2D eigenvalue weighted by molar-refractivity contribution is 1.29. The van der Waals surface area contributed by atoms with Gasteiger partial charge in [-0.05, 0) is 57.9 Å². The molecular weight excluding hydrogens is 380 g/mol. The third-order valence-electron chi connectivity index (χ3n) is 4.10. The lowest BCUT2D eigenvalue weighted by atomic mass is 10.3. The number of hydrogen-bond donors (Lipinski definition) is 0. The van der Waals surface area contributed by atoms with Gasteiger partial charge in [-0.15, -0.1) is 22.7 Å². The van der Waals surface area contributed by atoms with Gasteiger partial charge in [-0.1, -0.05) is 48.5 Å². The average molecular weight is 399 g/mol. The molecule has 0 fully saturated rings. The second kappa shape index (κ2) is 9.22. The number of hydrogen-bond acceptors (Lipinski definition) is 4. The summed E-state index contributed by atoms with van der Waals surface area (Å²) >= 11 is 3.57. The fourth-order valence-corrected chi connectivity index (χ4v) is 4.30. The van der Waals surface area contributed by atoms with Crippen molar-refractivity contribution in [2.75, 3.05) is 0 Å². The van der Waals surface area contributed by atoms with Gasteiger partial charge in [0.05, 0.1) is 11.0 Å². The molecule has 3 aromatic carbocycles. The zero-order chi connectivity index (χ0) is 19.0. The molecule has 3 aromatic heterocycles. The Morgan fingerprint density at radius 2 is 0.893 bits per heavy atom. The molecule has 3 heterocycles. The van der Waals surface area contributed by atoms with E-state index in [1.165, 1.54) is 20.2 Å². The number of nitrogens with zero attached hydrogens (tertiary/aromatic N) is 2. The Morgan fingerprint density at radius 3 is 1.36 bits per heavy atom. The highest BCUT2D eigenvalue weighted by Crippen LogP contribution is 2.19. The number of thiophene rings is 2. The van der Waals surface area contributed by atoms with E-state index in [1.54, 1.807) is 35.1 Å². The highest BCUT2D eigenvalue weighted by molar-refractivity contribution is 7.17. The second-order valence-electron chi connectivity index (χ2n) is 5.96. The summed E-state index contributed by atoms with van der Waals surface area (Å²) < 4.78 is 2.75. The maximum absolute atomic E-state index is 4.12. The van der Waals surface area contributed by atoms with Crippen LogP contribution in [0.2, 0.25) is 0 Å². The molecule has 136 valence electrons. The van der Waals surface area contributed by atoms with E-state index >= 15 is 0 Å². The van der Waals surface area contributed by atoms with E-state index in [2.05, 4.69) is 81.4 Å². The van der Waals surface area contributed by atoms with Gasteiger partial charge >= 0.3 is 0 Å². The summed E-state index contributed by atoms with van der Waals surface area (Å²) in [5.74, 6) is 0. The van der Waals surface area contributed by atoms with Crippen molar-refractivity contribution in [3.05, 3.63) is 108 Å². The Balaban J connectivity index is 0.000000103. The molecule has 0 saturated heterocycles. The van der Waals surface area contributed by atoms with Crippen LogP contribution in [0.1, 0.15) is 0 Å². The highest BCUT2D eigenvalue weighted by atomic mass is 32.1. The van der Waals surface area contributed by atoms with Crippen LogP contribution in [0.4, 0.5) is 0 Å². The molecule has 6 aromatic rings. The zero-order valence-electron chi connectivity index (χ0n) is 15.1. The van der Waals surface area contributed by atoms with Crippen molar-refractivity contribution in [1.82, 2.24) is 9.97 Å². The number of aromatic nitrogens is 2. The van der Waals surface area contributed by atoms with E-state index < -0.39 is 0 Å². The fraction of sp³-hybridized carbons (Fsp3) is 0. The van der Waals surface area contributed by atoms with Crippen LogP contribution >= 0.6 is 22.7 Å². The Morgan fingerprint density at radius 1 is 0.464 bits per heavy atom. The van der Waals surface area contributed by atoms with Gasteiger partial charge in [-0.2, -0.15) is 0 Å². The summed E-state index contributed by atoms with van der Waals surface area (Å²) in [5, 5.41) is 6.93. The smallest absolute Gasteiger partial charge is 0.0886 e. The van der Waals surface area contributed by atoms with Crippen molar-refractivity contribution in [2.45, 2.75) is 0 Å². The molecule has 0 N–H and O–H groups in total. The van der Waals surface area contributed by atoms with Crippen molar-refractivity contribution < 1.29 is 0 Å². The van der Waals surface area contributed by atoms with E-state index in [0.29, 0.717) is 0 Å². The van der Waals surface area contributed by atoms with Crippen LogP contribution in [-0.4, -0.2) is 9.97 Å². The maximum atomic E-state index is 4.12. The third-order valence-corrected chi connectivity index (χ3v) is 5.89. The van der Waals surface area contributed by atoms with Gasteiger partial charge < -0.3 is 0 Å². The SMILES string of the molecule is c1ccc2nccnc2c1.c1ccc2sccc2c1.c1ccc2sccc2c1. The van der Waals surface area contributed by atoms with Gasteiger partial charge in [-0.3, -0.25) is 9.97 Å². The van der Waals surface area contributed by atoms with Gasteiger partial charge in [0.1, 0.15) is 0 Å². The summed E-state index contributed by atoms with van der Waals surface area (Å²) in [6.07, 6.45) is 3.39. The molecule has 6 rings (SSSR count). The van der Waals surface area contributed by atoms with Crippen LogP contribution in [0.25, 0.3) is 31.2 Å². The molecule has 0 saturated carbocycles. The van der Waals surface area contributed by atoms with Crippen molar-refractivity contribution in [3.8, 4) is 0 Å². The minimum Gasteiger partial charge on any atom is -0.253 e. The second-order valence-corrected chi connectivity index (χ2v) is 7.86. The Hall–Kier alpha value is -3.08. The molecule has 0 spiro atoms. The van der Waals surface area contributed by atoms with E-state index in [1.807, 2.05) is 24.3 Å². The predicted molar refractivity (Wildman–Crippen MR) is 123 cm³/mol. The summed E-state index contributed by atoms with van der Waals surface area (Å²) in [6, 6.07) is 28.9. The summed E-state index contributed by atoms with van der Waals surface area (Å²) in [4.78, 5) is 8.24. The summed E-state index contributed by atoms with van der Waals surface area (Å²) in [6.45, 7) is 0. The van der Waals surface area contributed by atoms with Crippen LogP contribution in [0, 0.1) is 0 Å². The van der Waals surface area contributed by atoms with Crippen molar-refractivity contribution in [3.63, 3.8) is 0 Å². The first kappa shape index (κ1) is 18.3. The van der Waals surface area contributed by atoms with Crippen LogP contribution in [0.15, 0.2) is 108 Å². The topological polar surface area (TPSA) is 25.8 Å². The normalized spacial score (nSPS) is 10.1. The third kappa shape index (κ3) is 4.60. The largest absolute Gasteiger partial charge is 0.253 e. The summed E-state index contributed by atoms with van der Waals surface area (Å²) in [5.41, 5.74) is 1.90. The predicted octanol–water partition coefficient (Wildman–Crippen LogP) is 7.43. The van der Waals surface area contributed by atoms with Crippen molar-refractivity contribution in [2.24, 2.45) is 0 Å². The van der Waals surface area contributed by atoms with Gasteiger partial charge in [-0.25, -0.2) is 0 Å². The minimum absolute atomic E-state index is 0.949. The molecule has 28 heavy (non-hydrogen) atoms. The molecule has 0 amide bonds. The molecule has 0 bridgehead atoms. The number of rotatable bonds is 0. The number of benzene rings is 3. The Kier molecular flexibility index (Phi) is 6.02. The molecule has 0 aliphatic heterocycles. The van der Waals surface area contributed by atoms with Crippen LogP contribution < -0.4 is 0 Å². The quantitative estimate of drug-likeness (QED) is 0.266. The molecule has 0 aliphatic rings. The maximum Gasteiger partial charge on any atom is 0.0886 e. The highest BCUT2D eigenvalue weighted by Gasteiger charge is 1.89. The monoisotopic (exact) mass is 398 g/mol. The van der Waals surface area contributed by atoms with Gasteiger partial charge in [0, 0.05) is 21.8 Å². The van der Waals surface area contributed by atoms with Crippen LogP contribution in [0.5, 0.6) is 0 Å². The van der Waals surface area contributed by atoms with Crippen molar-refractivity contribution in [1.29, 1.82) is 0 Å². The lowest BCUT2D eigenvalue weighted by Crippen LogP contribution is -1.78. The molecule has 4 heteroatoms. The molecular formula is C24H18N2S2. The average Bonchev–Trinajstić information content (AvgIpc) is 3.44. The zero-order valence-corrected chi connectivity index (χ0v) is 16.7. The van der Waals surface area contributed by atoms with Gasteiger partial charge in [0.25, 0.3) is 0 Å². The van der Waals surface area contributed by atoms with Crippen molar-refractivity contribution >= 4 is 53.9 Å². The lowest BCUT2D eigenvalue weighted by Gasteiger charge is -1.90. The number of para-hydroxylation sites is 2. The molecule has 2 nitrogen and oxygen atoms in total. The molecule has 0 aliphatic carbocycles. The molecule has 0 radical (unpaired) electrons. The first-order valence-corrected chi connectivity index (χ1v) is 10.7. The number of fused-ring (bicyclic) bond motifs is 3.